The van der Waals surface area contributed by atoms with Crippen LogP contribution < -0.4 is 5.32 Å². The normalized spacial score (nSPS) is 36.3. The molecule has 1 saturated carbocycles. The molecule has 0 radical (unpaired) electrons. The van der Waals surface area contributed by atoms with E-state index in [2.05, 4.69) is 37.9 Å². The molecule has 0 aromatic carbocycles. The van der Waals surface area contributed by atoms with Gasteiger partial charge in [-0.3, -0.25) is 4.90 Å². The minimum absolute atomic E-state index is 0.569. The molecular weight excluding hydrogens is 232 g/mol. The summed E-state index contributed by atoms with van der Waals surface area (Å²) < 4.78 is 0. The first-order chi connectivity index (χ1) is 9.02. The molecule has 2 nitrogen and oxygen atoms in total. The summed E-state index contributed by atoms with van der Waals surface area (Å²) in [6.07, 6.45) is 9.64. The van der Waals surface area contributed by atoms with Crippen LogP contribution in [-0.4, -0.2) is 36.1 Å². The summed E-state index contributed by atoms with van der Waals surface area (Å²) >= 11 is 0. The second-order valence-corrected chi connectivity index (χ2v) is 7.68. The average molecular weight is 266 g/mol. The Hall–Kier alpha value is -0.0800. The molecule has 3 atom stereocenters. The van der Waals surface area contributed by atoms with Crippen molar-refractivity contribution in [3.8, 4) is 0 Å². The molecule has 0 bridgehead atoms. The van der Waals surface area contributed by atoms with Crippen LogP contribution in [0, 0.1) is 5.41 Å². The molecule has 0 amide bonds. The van der Waals surface area contributed by atoms with Crippen LogP contribution in [0.5, 0.6) is 0 Å². The van der Waals surface area contributed by atoms with Crippen LogP contribution in [0.3, 0.4) is 0 Å². The predicted molar refractivity (Wildman–Crippen MR) is 83.5 cm³/mol. The lowest BCUT2D eigenvalue weighted by Crippen LogP contribution is -2.53. The fraction of sp³-hybridized carbons (Fsp3) is 1.00. The van der Waals surface area contributed by atoms with Crippen LogP contribution in [0.2, 0.25) is 0 Å². The average Bonchev–Trinajstić information content (AvgIpc) is 2.35. The van der Waals surface area contributed by atoms with Crippen LogP contribution in [0.15, 0.2) is 0 Å². The van der Waals surface area contributed by atoms with E-state index >= 15 is 0 Å². The van der Waals surface area contributed by atoms with Crippen LogP contribution in [-0.2, 0) is 0 Å². The molecule has 0 aromatic heterocycles. The Morgan fingerprint density at radius 2 is 2.05 bits per heavy atom. The van der Waals surface area contributed by atoms with E-state index in [0.717, 1.165) is 18.1 Å². The molecule has 2 heteroatoms. The Morgan fingerprint density at radius 1 is 1.26 bits per heavy atom. The molecule has 1 N–H and O–H groups in total. The van der Waals surface area contributed by atoms with Crippen LogP contribution in [0.4, 0.5) is 0 Å². The van der Waals surface area contributed by atoms with Crippen molar-refractivity contribution in [2.75, 3.05) is 13.1 Å². The molecule has 1 aliphatic carbocycles. The third-order valence-electron chi connectivity index (χ3n) is 5.26. The molecule has 0 aromatic rings. The van der Waals surface area contributed by atoms with E-state index in [1.54, 1.807) is 0 Å². The van der Waals surface area contributed by atoms with Gasteiger partial charge in [-0.05, 0) is 57.4 Å². The van der Waals surface area contributed by atoms with Gasteiger partial charge < -0.3 is 5.32 Å². The van der Waals surface area contributed by atoms with Gasteiger partial charge in [-0.1, -0.05) is 27.2 Å². The Morgan fingerprint density at radius 3 is 2.68 bits per heavy atom. The summed E-state index contributed by atoms with van der Waals surface area (Å²) in [5, 5.41) is 3.71. The van der Waals surface area contributed by atoms with Crippen molar-refractivity contribution in [3.05, 3.63) is 0 Å². The van der Waals surface area contributed by atoms with Crippen LogP contribution in [0.25, 0.3) is 0 Å². The summed E-state index contributed by atoms with van der Waals surface area (Å²) in [6, 6.07) is 2.38. The Balaban J connectivity index is 1.85. The first kappa shape index (κ1) is 15.3. The number of hydrogen-bond donors (Lipinski definition) is 1. The minimum atomic E-state index is 0.569. The van der Waals surface area contributed by atoms with Crippen molar-refractivity contribution < 1.29 is 0 Å². The summed E-state index contributed by atoms with van der Waals surface area (Å²) in [5.74, 6) is 0. The van der Waals surface area contributed by atoms with E-state index in [4.69, 9.17) is 0 Å². The largest absolute Gasteiger partial charge is 0.314 e. The van der Waals surface area contributed by atoms with Crippen molar-refractivity contribution >= 4 is 0 Å². The van der Waals surface area contributed by atoms with Gasteiger partial charge in [0.25, 0.3) is 0 Å². The van der Waals surface area contributed by atoms with E-state index in [0.29, 0.717) is 5.41 Å². The molecule has 1 saturated heterocycles. The molecule has 2 rings (SSSR count). The van der Waals surface area contributed by atoms with Gasteiger partial charge in [-0.15, -0.1) is 0 Å². The van der Waals surface area contributed by atoms with Crippen molar-refractivity contribution in [2.24, 2.45) is 5.41 Å². The lowest BCUT2D eigenvalue weighted by atomic mass is 9.74. The highest BCUT2D eigenvalue weighted by molar-refractivity contribution is 4.91. The van der Waals surface area contributed by atoms with E-state index in [-0.39, 0.29) is 0 Å². The molecule has 0 spiro atoms. The lowest BCUT2D eigenvalue weighted by Gasteiger charge is -2.47. The lowest BCUT2D eigenvalue weighted by molar-refractivity contribution is 0.0362. The fourth-order valence-electron chi connectivity index (χ4n) is 4.21. The Labute approximate surface area is 120 Å². The molecule has 112 valence electrons. The number of likely N-dealkylation sites (tertiary alicyclic amines) is 1. The highest BCUT2D eigenvalue weighted by atomic mass is 15.2. The molecule has 2 fully saturated rings. The number of hydrogen-bond acceptors (Lipinski definition) is 2. The number of rotatable bonds is 4. The SMILES string of the molecule is CCCNC1CCN(C2CCCC(C)(C)C2)C(C)C1. The maximum absolute atomic E-state index is 3.71. The van der Waals surface area contributed by atoms with Gasteiger partial charge in [0.1, 0.15) is 0 Å². The summed E-state index contributed by atoms with van der Waals surface area (Å²) in [4.78, 5) is 2.82. The summed E-state index contributed by atoms with van der Waals surface area (Å²) in [6.45, 7) is 12.1. The summed E-state index contributed by atoms with van der Waals surface area (Å²) in [5.41, 5.74) is 0.569. The first-order valence-electron chi connectivity index (χ1n) is 8.51. The van der Waals surface area contributed by atoms with Crippen LogP contribution >= 0.6 is 0 Å². The highest BCUT2D eigenvalue weighted by Crippen LogP contribution is 2.38. The standard InChI is InChI=1S/C17H34N2/c1-5-10-18-15-8-11-19(14(2)12-15)16-7-6-9-17(3,4)13-16/h14-16,18H,5-13H2,1-4H3. The summed E-state index contributed by atoms with van der Waals surface area (Å²) in [7, 11) is 0. The molecular formula is C17H34N2. The molecule has 1 heterocycles. The second-order valence-electron chi connectivity index (χ2n) is 7.68. The van der Waals surface area contributed by atoms with Gasteiger partial charge in [0.15, 0.2) is 0 Å². The van der Waals surface area contributed by atoms with Crippen molar-refractivity contribution in [1.29, 1.82) is 0 Å². The first-order valence-corrected chi connectivity index (χ1v) is 8.51. The van der Waals surface area contributed by atoms with Gasteiger partial charge in [0.2, 0.25) is 0 Å². The van der Waals surface area contributed by atoms with Gasteiger partial charge in [0.05, 0.1) is 0 Å². The Kier molecular flexibility index (Phi) is 5.30. The minimum Gasteiger partial charge on any atom is -0.314 e. The molecule has 19 heavy (non-hydrogen) atoms. The topological polar surface area (TPSA) is 15.3 Å². The number of nitrogens with zero attached hydrogens (tertiary/aromatic N) is 1. The smallest absolute Gasteiger partial charge is 0.0103 e. The Bertz CT molecular complexity index is 274. The molecule has 1 aliphatic heterocycles. The van der Waals surface area contributed by atoms with Crippen molar-refractivity contribution in [2.45, 2.75) is 90.8 Å². The highest BCUT2D eigenvalue weighted by Gasteiger charge is 2.35. The second kappa shape index (κ2) is 6.58. The zero-order chi connectivity index (χ0) is 13.9. The van der Waals surface area contributed by atoms with E-state index in [1.165, 1.54) is 58.0 Å². The zero-order valence-electron chi connectivity index (χ0n) is 13.5. The third-order valence-corrected chi connectivity index (χ3v) is 5.26. The van der Waals surface area contributed by atoms with Crippen molar-refractivity contribution in [1.82, 2.24) is 10.2 Å². The zero-order valence-corrected chi connectivity index (χ0v) is 13.5. The number of piperidine rings is 1. The monoisotopic (exact) mass is 266 g/mol. The van der Waals surface area contributed by atoms with E-state index in [1.807, 2.05) is 0 Å². The van der Waals surface area contributed by atoms with E-state index in [9.17, 15) is 0 Å². The third kappa shape index (κ3) is 4.19. The van der Waals surface area contributed by atoms with E-state index < -0.39 is 0 Å². The maximum Gasteiger partial charge on any atom is 0.0103 e. The molecule has 3 unspecified atom stereocenters. The van der Waals surface area contributed by atoms with Gasteiger partial charge in [0, 0.05) is 24.7 Å². The van der Waals surface area contributed by atoms with Crippen LogP contribution in [0.1, 0.15) is 72.6 Å². The molecule has 2 aliphatic rings. The van der Waals surface area contributed by atoms with Crippen molar-refractivity contribution in [3.63, 3.8) is 0 Å². The van der Waals surface area contributed by atoms with Gasteiger partial charge in [-0.25, -0.2) is 0 Å². The van der Waals surface area contributed by atoms with Gasteiger partial charge in [-0.2, -0.15) is 0 Å². The quantitative estimate of drug-likeness (QED) is 0.832. The fourth-order valence-corrected chi connectivity index (χ4v) is 4.21. The predicted octanol–water partition coefficient (Wildman–Crippen LogP) is 3.81. The number of nitrogens with one attached hydrogen (secondary N) is 1. The maximum atomic E-state index is 3.71. The van der Waals surface area contributed by atoms with Gasteiger partial charge >= 0.3 is 0 Å².